The van der Waals surface area contributed by atoms with Crippen molar-refractivity contribution in [1.29, 1.82) is 0 Å². The molecule has 1 aliphatic heterocycles. The molecule has 116 valence electrons. The Morgan fingerprint density at radius 2 is 2.18 bits per heavy atom. The number of hydrogen-bond donors (Lipinski definition) is 0. The first-order chi connectivity index (χ1) is 10.8. The summed E-state index contributed by atoms with van der Waals surface area (Å²) >= 11 is 1.47. The SMILES string of the molecule is COCc1nc(C(=O)N2CCCCCc3ccccc32)cs1. The van der Waals surface area contributed by atoms with E-state index in [9.17, 15) is 4.79 Å². The van der Waals surface area contributed by atoms with Crippen LogP contribution in [0.2, 0.25) is 0 Å². The Kier molecular flexibility index (Phi) is 4.85. The zero-order valence-corrected chi connectivity index (χ0v) is 13.6. The van der Waals surface area contributed by atoms with Gasteiger partial charge in [-0.2, -0.15) is 0 Å². The number of rotatable bonds is 3. The number of anilines is 1. The summed E-state index contributed by atoms with van der Waals surface area (Å²) in [6.45, 7) is 1.21. The number of thiazole rings is 1. The number of hydrogen-bond acceptors (Lipinski definition) is 4. The van der Waals surface area contributed by atoms with E-state index in [1.807, 2.05) is 28.5 Å². The van der Waals surface area contributed by atoms with Crippen LogP contribution >= 0.6 is 11.3 Å². The lowest BCUT2D eigenvalue weighted by Gasteiger charge is -2.26. The molecule has 0 atom stereocenters. The highest BCUT2D eigenvalue weighted by molar-refractivity contribution is 7.09. The number of aromatic nitrogens is 1. The Labute approximate surface area is 134 Å². The number of fused-ring (bicyclic) bond motifs is 1. The average molecular weight is 316 g/mol. The molecule has 4 nitrogen and oxygen atoms in total. The van der Waals surface area contributed by atoms with Gasteiger partial charge in [0.25, 0.3) is 5.91 Å². The van der Waals surface area contributed by atoms with Crippen LogP contribution in [-0.2, 0) is 17.8 Å². The number of benzene rings is 1. The molecule has 1 aromatic heterocycles. The smallest absolute Gasteiger partial charge is 0.277 e. The number of methoxy groups -OCH3 is 1. The first-order valence-electron chi connectivity index (χ1n) is 7.62. The molecule has 5 heteroatoms. The van der Waals surface area contributed by atoms with Crippen molar-refractivity contribution in [3.05, 3.63) is 45.9 Å². The first-order valence-corrected chi connectivity index (χ1v) is 8.50. The lowest BCUT2D eigenvalue weighted by atomic mass is 10.0. The van der Waals surface area contributed by atoms with Gasteiger partial charge in [0.15, 0.2) is 0 Å². The van der Waals surface area contributed by atoms with Crippen LogP contribution in [0.4, 0.5) is 5.69 Å². The number of carbonyl (C=O) groups is 1. The molecule has 2 heterocycles. The lowest BCUT2D eigenvalue weighted by Crippen LogP contribution is -2.33. The topological polar surface area (TPSA) is 42.4 Å². The Hall–Kier alpha value is -1.72. The van der Waals surface area contributed by atoms with Gasteiger partial charge in [0, 0.05) is 24.7 Å². The minimum atomic E-state index is -0.00652. The minimum absolute atomic E-state index is 0.00652. The third kappa shape index (κ3) is 3.20. The molecule has 0 aliphatic carbocycles. The van der Waals surface area contributed by atoms with Crippen molar-refractivity contribution in [3.63, 3.8) is 0 Å². The van der Waals surface area contributed by atoms with Gasteiger partial charge in [-0.3, -0.25) is 4.79 Å². The van der Waals surface area contributed by atoms with Gasteiger partial charge >= 0.3 is 0 Å². The second kappa shape index (κ2) is 7.03. The van der Waals surface area contributed by atoms with E-state index >= 15 is 0 Å². The van der Waals surface area contributed by atoms with Gasteiger partial charge in [0.2, 0.25) is 0 Å². The van der Waals surface area contributed by atoms with E-state index in [0.29, 0.717) is 12.3 Å². The van der Waals surface area contributed by atoms with Gasteiger partial charge in [0.1, 0.15) is 10.7 Å². The molecule has 1 aliphatic rings. The van der Waals surface area contributed by atoms with Crippen molar-refractivity contribution in [1.82, 2.24) is 4.98 Å². The van der Waals surface area contributed by atoms with Gasteiger partial charge < -0.3 is 9.64 Å². The van der Waals surface area contributed by atoms with Crippen LogP contribution in [-0.4, -0.2) is 24.5 Å². The molecular formula is C17H20N2O2S. The molecule has 1 aromatic carbocycles. The molecule has 0 saturated heterocycles. The van der Waals surface area contributed by atoms with Gasteiger partial charge in [0.05, 0.1) is 6.61 Å². The van der Waals surface area contributed by atoms with E-state index in [4.69, 9.17) is 4.74 Å². The van der Waals surface area contributed by atoms with E-state index in [1.165, 1.54) is 23.3 Å². The van der Waals surface area contributed by atoms with Crippen LogP contribution in [0.1, 0.15) is 40.3 Å². The molecule has 1 amide bonds. The maximum absolute atomic E-state index is 12.9. The highest BCUT2D eigenvalue weighted by Crippen LogP contribution is 2.27. The fourth-order valence-corrected chi connectivity index (χ4v) is 3.55. The van der Waals surface area contributed by atoms with E-state index in [-0.39, 0.29) is 5.91 Å². The molecule has 0 unspecified atom stereocenters. The number of aryl methyl sites for hydroxylation is 1. The maximum Gasteiger partial charge on any atom is 0.277 e. The number of amides is 1. The summed E-state index contributed by atoms with van der Waals surface area (Å²) in [5.41, 5.74) is 2.81. The monoisotopic (exact) mass is 316 g/mol. The highest BCUT2D eigenvalue weighted by atomic mass is 32.1. The zero-order valence-electron chi connectivity index (χ0n) is 12.7. The first kappa shape index (κ1) is 15.2. The molecule has 0 saturated carbocycles. The van der Waals surface area contributed by atoms with Crippen molar-refractivity contribution in [2.24, 2.45) is 0 Å². The van der Waals surface area contributed by atoms with Crippen molar-refractivity contribution in [3.8, 4) is 0 Å². The predicted octanol–water partition coefficient (Wildman–Crippen LogP) is 3.66. The summed E-state index contributed by atoms with van der Waals surface area (Å²) in [7, 11) is 1.64. The average Bonchev–Trinajstić information content (AvgIpc) is 2.97. The van der Waals surface area contributed by atoms with E-state index in [2.05, 4.69) is 11.1 Å². The van der Waals surface area contributed by atoms with Crippen LogP contribution in [0, 0.1) is 0 Å². The van der Waals surface area contributed by atoms with E-state index in [0.717, 1.165) is 36.5 Å². The molecule has 0 fully saturated rings. The number of nitrogens with zero attached hydrogens (tertiary/aromatic N) is 2. The van der Waals surface area contributed by atoms with Crippen molar-refractivity contribution >= 4 is 22.9 Å². The summed E-state index contributed by atoms with van der Waals surface area (Å²) in [6.07, 6.45) is 4.42. The molecule has 22 heavy (non-hydrogen) atoms. The molecule has 2 aromatic rings. The maximum atomic E-state index is 12.9. The molecule has 0 radical (unpaired) electrons. The molecule has 0 bridgehead atoms. The molecular weight excluding hydrogens is 296 g/mol. The van der Waals surface area contributed by atoms with Crippen LogP contribution in [0.5, 0.6) is 0 Å². The van der Waals surface area contributed by atoms with Crippen LogP contribution in [0.15, 0.2) is 29.6 Å². The van der Waals surface area contributed by atoms with Crippen molar-refractivity contribution < 1.29 is 9.53 Å². The predicted molar refractivity (Wildman–Crippen MR) is 88.5 cm³/mol. The van der Waals surface area contributed by atoms with Crippen LogP contribution in [0.25, 0.3) is 0 Å². The summed E-state index contributed by atoms with van der Waals surface area (Å²) in [5.74, 6) is -0.00652. The van der Waals surface area contributed by atoms with Gasteiger partial charge in [-0.1, -0.05) is 24.6 Å². The summed E-state index contributed by atoms with van der Waals surface area (Å²) < 4.78 is 5.08. The number of para-hydroxylation sites is 1. The second-order valence-corrected chi connectivity index (χ2v) is 6.40. The summed E-state index contributed by atoms with van der Waals surface area (Å²) in [4.78, 5) is 19.2. The van der Waals surface area contributed by atoms with Gasteiger partial charge in [-0.05, 0) is 30.9 Å². The third-order valence-electron chi connectivity index (χ3n) is 3.89. The normalized spacial score (nSPS) is 15.0. The Morgan fingerprint density at radius 1 is 1.32 bits per heavy atom. The van der Waals surface area contributed by atoms with Crippen LogP contribution in [0.3, 0.4) is 0 Å². The summed E-state index contributed by atoms with van der Waals surface area (Å²) in [5, 5.41) is 2.67. The zero-order chi connectivity index (χ0) is 15.4. The number of ether oxygens (including phenoxy) is 1. The van der Waals surface area contributed by atoms with Crippen molar-refractivity contribution in [2.45, 2.75) is 32.3 Å². The Balaban J connectivity index is 1.90. The number of carbonyl (C=O) groups excluding carboxylic acids is 1. The quantitative estimate of drug-likeness (QED) is 0.868. The van der Waals surface area contributed by atoms with E-state index < -0.39 is 0 Å². The summed E-state index contributed by atoms with van der Waals surface area (Å²) in [6, 6.07) is 8.21. The molecule has 0 spiro atoms. The highest BCUT2D eigenvalue weighted by Gasteiger charge is 2.23. The Bertz CT molecular complexity index is 654. The molecule has 3 rings (SSSR count). The van der Waals surface area contributed by atoms with E-state index in [1.54, 1.807) is 7.11 Å². The minimum Gasteiger partial charge on any atom is -0.378 e. The van der Waals surface area contributed by atoms with Gasteiger partial charge in [-0.25, -0.2) is 4.98 Å². The third-order valence-corrected chi connectivity index (χ3v) is 4.72. The molecule has 0 N–H and O–H groups in total. The lowest BCUT2D eigenvalue weighted by molar-refractivity contribution is 0.0981. The standard InChI is InChI=1S/C17H20N2O2S/c1-21-11-16-18-14(12-22-16)17(20)19-10-6-2-3-7-13-8-4-5-9-15(13)19/h4-5,8-9,12H,2-3,6-7,10-11H2,1H3. The Morgan fingerprint density at radius 3 is 3.05 bits per heavy atom. The largest absolute Gasteiger partial charge is 0.378 e. The van der Waals surface area contributed by atoms with Crippen LogP contribution < -0.4 is 4.90 Å². The van der Waals surface area contributed by atoms with Crippen molar-refractivity contribution in [2.75, 3.05) is 18.6 Å². The fourth-order valence-electron chi connectivity index (χ4n) is 2.82. The van der Waals surface area contributed by atoms with Gasteiger partial charge in [-0.15, -0.1) is 11.3 Å². The second-order valence-electron chi connectivity index (χ2n) is 5.46. The fraction of sp³-hybridized carbons (Fsp3) is 0.412.